The van der Waals surface area contributed by atoms with Gasteiger partial charge in [0.05, 0.1) is 12.9 Å². The highest BCUT2D eigenvalue weighted by Crippen LogP contribution is 2.40. The Morgan fingerprint density at radius 2 is 1.89 bits per heavy atom. The minimum Gasteiger partial charge on any atom is -0.394 e. The topological polar surface area (TPSA) is 129 Å². The lowest BCUT2D eigenvalue weighted by Crippen LogP contribution is -2.44. The van der Waals surface area contributed by atoms with E-state index in [2.05, 4.69) is 4.98 Å². The van der Waals surface area contributed by atoms with E-state index in [4.69, 9.17) is 15.5 Å². The van der Waals surface area contributed by atoms with Gasteiger partial charge < -0.3 is 30.7 Å². The van der Waals surface area contributed by atoms with Gasteiger partial charge in [-0.2, -0.15) is 0 Å². The smallest absolute Gasteiger partial charge is 0.165 e. The predicted molar refractivity (Wildman–Crippen MR) is 103 cm³/mol. The van der Waals surface area contributed by atoms with Crippen molar-refractivity contribution in [3.05, 3.63) is 42.4 Å². The van der Waals surface area contributed by atoms with Gasteiger partial charge in [0.15, 0.2) is 12.0 Å². The van der Waals surface area contributed by atoms with Crippen molar-refractivity contribution in [2.75, 3.05) is 11.5 Å². The van der Waals surface area contributed by atoms with Crippen molar-refractivity contribution < 1.29 is 20.1 Å². The second-order valence-electron chi connectivity index (χ2n) is 7.36. The fourth-order valence-electron chi connectivity index (χ4n) is 3.70. The van der Waals surface area contributed by atoms with Crippen molar-refractivity contribution in [3.8, 4) is 0 Å². The van der Waals surface area contributed by atoms with Crippen molar-refractivity contribution in [2.24, 2.45) is 16.6 Å². The SMILES string of the molecule is CC(C)C1=Nc2c(ncn2[C@@H]2O[C@H](CO)C(O)C2O)C(N)N1c1ccccc1. The molecule has 28 heavy (non-hydrogen) atoms. The van der Waals surface area contributed by atoms with Crippen molar-refractivity contribution in [3.63, 3.8) is 0 Å². The van der Waals surface area contributed by atoms with Gasteiger partial charge in [0.25, 0.3) is 0 Å². The molecular formula is C19H25N5O4. The Labute approximate surface area is 162 Å². The Balaban J connectivity index is 1.77. The van der Waals surface area contributed by atoms with Crippen LogP contribution in [0.4, 0.5) is 11.5 Å². The first-order valence-corrected chi connectivity index (χ1v) is 9.31. The molecule has 1 saturated heterocycles. The summed E-state index contributed by atoms with van der Waals surface area (Å²) < 4.78 is 7.21. The second-order valence-corrected chi connectivity index (χ2v) is 7.36. The van der Waals surface area contributed by atoms with E-state index >= 15 is 0 Å². The molecule has 1 aromatic heterocycles. The predicted octanol–water partition coefficient (Wildman–Crippen LogP) is 0.658. The number of para-hydroxylation sites is 1. The third-order valence-corrected chi connectivity index (χ3v) is 5.16. The lowest BCUT2D eigenvalue weighted by Gasteiger charge is -2.36. The number of aliphatic hydroxyl groups excluding tert-OH is 3. The summed E-state index contributed by atoms with van der Waals surface area (Å²) in [7, 11) is 0. The second kappa shape index (κ2) is 7.26. The Bertz CT molecular complexity index is 868. The number of anilines is 1. The number of hydrogen-bond acceptors (Lipinski definition) is 8. The number of ether oxygens (including phenoxy) is 1. The zero-order valence-electron chi connectivity index (χ0n) is 15.8. The van der Waals surface area contributed by atoms with Crippen LogP contribution in [0.25, 0.3) is 0 Å². The number of amidine groups is 1. The molecule has 4 rings (SSSR count). The minimum absolute atomic E-state index is 0.0768. The van der Waals surface area contributed by atoms with E-state index in [1.54, 1.807) is 4.57 Å². The molecule has 1 aromatic carbocycles. The van der Waals surface area contributed by atoms with Gasteiger partial charge in [-0.05, 0) is 12.1 Å². The van der Waals surface area contributed by atoms with Crippen LogP contribution < -0.4 is 10.6 Å². The standard InChI is InChI=1S/C19H25N5O4/c1-10(2)17-22-18-13(16(20)24(17)11-6-4-3-5-7-11)21-9-23(18)19-15(27)14(26)12(8-25)28-19/h3-7,9-10,12,14-16,19,25-27H,8,20H2,1-2H3/t12-,14?,15?,16?,19-/m1/s1. The average molecular weight is 387 g/mol. The number of nitrogens with two attached hydrogens (primary N) is 1. The van der Waals surface area contributed by atoms with Gasteiger partial charge in [-0.3, -0.25) is 4.57 Å². The first-order valence-electron chi connectivity index (χ1n) is 9.31. The molecule has 150 valence electrons. The summed E-state index contributed by atoms with van der Waals surface area (Å²) in [5, 5.41) is 29.8. The van der Waals surface area contributed by atoms with Crippen LogP contribution in [0.3, 0.4) is 0 Å². The molecule has 0 bridgehead atoms. The molecule has 0 aliphatic carbocycles. The molecule has 5 atom stereocenters. The minimum atomic E-state index is -1.21. The Hall–Kier alpha value is -2.30. The number of rotatable bonds is 4. The van der Waals surface area contributed by atoms with Crippen LogP contribution in [0.1, 0.15) is 31.9 Å². The van der Waals surface area contributed by atoms with E-state index < -0.39 is 37.3 Å². The number of aliphatic imine (C=N–C) groups is 1. The van der Waals surface area contributed by atoms with E-state index in [0.29, 0.717) is 11.5 Å². The number of fused-ring (bicyclic) bond motifs is 1. The van der Waals surface area contributed by atoms with Crippen LogP contribution in [-0.2, 0) is 4.74 Å². The van der Waals surface area contributed by atoms with Crippen molar-refractivity contribution in [2.45, 2.75) is 44.6 Å². The number of aromatic nitrogens is 2. The zero-order valence-corrected chi connectivity index (χ0v) is 15.8. The van der Waals surface area contributed by atoms with Gasteiger partial charge in [-0.15, -0.1) is 0 Å². The van der Waals surface area contributed by atoms with Crippen LogP contribution in [-0.4, -0.2) is 55.6 Å². The molecule has 3 heterocycles. The zero-order chi connectivity index (χ0) is 20.0. The van der Waals surface area contributed by atoms with Crippen molar-refractivity contribution in [1.82, 2.24) is 9.55 Å². The Morgan fingerprint density at radius 1 is 1.18 bits per heavy atom. The molecule has 5 N–H and O–H groups in total. The summed E-state index contributed by atoms with van der Waals surface area (Å²) in [6, 6.07) is 9.74. The first-order chi connectivity index (χ1) is 13.4. The van der Waals surface area contributed by atoms with E-state index in [1.165, 1.54) is 6.33 Å². The molecule has 0 radical (unpaired) electrons. The molecule has 2 aliphatic rings. The van der Waals surface area contributed by atoms with Crippen LogP contribution in [0.15, 0.2) is 41.7 Å². The number of aliphatic hydroxyl groups is 3. The maximum absolute atomic E-state index is 10.4. The summed E-state index contributed by atoms with van der Waals surface area (Å²) in [4.78, 5) is 11.2. The summed E-state index contributed by atoms with van der Waals surface area (Å²) in [5.74, 6) is 1.32. The molecule has 9 heteroatoms. The molecule has 0 amide bonds. The normalized spacial score (nSPS) is 29.9. The number of hydrogen-bond donors (Lipinski definition) is 4. The highest BCUT2D eigenvalue weighted by molar-refractivity contribution is 6.02. The van der Waals surface area contributed by atoms with E-state index in [-0.39, 0.29) is 5.92 Å². The average Bonchev–Trinajstić information content (AvgIpc) is 3.24. The van der Waals surface area contributed by atoms with Crippen LogP contribution in [0.5, 0.6) is 0 Å². The monoisotopic (exact) mass is 387 g/mol. The molecule has 3 unspecified atom stereocenters. The highest BCUT2D eigenvalue weighted by atomic mass is 16.6. The summed E-state index contributed by atoms with van der Waals surface area (Å²) >= 11 is 0. The summed E-state index contributed by atoms with van der Waals surface area (Å²) in [6.45, 7) is 3.66. The molecule has 0 saturated carbocycles. The van der Waals surface area contributed by atoms with Gasteiger partial charge in [0.1, 0.15) is 36.0 Å². The number of benzene rings is 1. The van der Waals surface area contributed by atoms with Crippen molar-refractivity contribution >= 4 is 17.3 Å². The molecule has 0 spiro atoms. The quantitative estimate of drug-likeness (QED) is 0.606. The van der Waals surface area contributed by atoms with Gasteiger partial charge in [0, 0.05) is 11.6 Å². The van der Waals surface area contributed by atoms with Crippen LogP contribution in [0, 0.1) is 5.92 Å². The maximum Gasteiger partial charge on any atom is 0.165 e. The Morgan fingerprint density at radius 3 is 2.50 bits per heavy atom. The number of nitrogens with zero attached hydrogens (tertiary/aromatic N) is 4. The molecule has 9 nitrogen and oxygen atoms in total. The molecular weight excluding hydrogens is 362 g/mol. The van der Waals surface area contributed by atoms with E-state index in [9.17, 15) is 15.3 Å². The van der Waals surface area contributed by atoms with Gasteiger partial charge in [-0.25, -0.2) is 9.98 Å². The van der Waals surface area contributed by atoms with Gasteiger partial charge in [-0.1, -0.05) is 32.0 Å². The largest absolute Gasteiger partial charge is 0.394 e. The molecule has 2 aromatic rings. The van der Waals surface area contributed by atoms with E-state index in [0.717, 1.165) is 11.5 Å². The van der Waals surface area contributed by atoms with Crippen molar-refractivity contribution in [1.29, 1.82) is 0 Å². The lowest BCUT2D eigenvalue weighted by atomic mass is 10.1. The van der Waals surface area contributed by atoms with Gasteiger partial charge >= 0.3 is 0 Å². The summed E-state index contributed by atoms with van der Waals surface area (Å²) in [6.07, 6.45) is -3.25. The van der Waals surface area contributed by atoms with Crippen LogP contribution >= 0.6 is 0 Å². The molecule has 1 fully saturated rings. The third kappa shape index (κ3) is 2.92. The van der Waals surface area contributed by atoms with Gasteiger partial charge in [0.2, 0.25) is 0 Å². The summed E-state index contributed by atoms with van der Waals surface area (Å²) in [5.41, 5.74) is 8.01. The van der Waals surface area contributed by atoms with E-state index in [1.807, 2.05) is 49.1 Å². The Kier molecular flexibility index (Phi) is 4.94. The number of imidazole rings is 1. The fourth-order valence-corrected chi connectivity index (χ4v) is 3.70. The fraction of sp³-hybridized carbons (Fsp3) is 0.474. The van der Waals surface area contributed by atoms with Crippen LogP contribution in [0.2, 0.25) is 0 Å². The maximum atomic E-state index is 10.4. The highest BCUT2D eigenvalue weighted by Gasteiger charge is 2.45. The first kappa shape index (κ1) is 19.0. The lowest BCUT2D eigenvalue weighted by molar-refractivity contribution is -0.0520. The molecule has 2 aliphatic heterocycles. The third-order valence-electron chi connectivity index (χ3n) is 5.16.